The number of carbonyl (C=O) groups excluding carboxylic acids is 2. The van der Waals surface area contributed by atoms with Gasteiger partial charge in [-0.1, -0.05) is 25.3 Å². The number of nitrogens with two attached hydrogens (primary N) is 3. The summed E-state index contributed by atoms with van der Waals surface area (Å²) in [7, 11) is 0. The van der Waals surface area contributed by atoms with Crippen LogP contribution in [0.3, 0.4) is 0 Å². The van der Waals surface area contributed by atoms with Crippen LogP contribution in [0, 0.1) is 0 Å². The van der Waals surface area contributed by atoms with Gasteiger partial charge < -0.3 is 37.3 Å². The molecule has 0 aliphatic heterocycles. The number of hydrogen-bond acceptors (Lipinski definition) is 7. The van der Waals surface area contributed by atoms with Crippen LogP contribution >= 0.6 is 0 Å². The molecule has 0 radical (unpaired) electrons. The van der Waals surface area contributed by atoms with E-state index in [0.717, 1.165) is 34.5 Å². The molecule has 0 heterocycles. The zero-order valence-corrected chi connectivity index (χ0v) is 29.7. The minimum Gasteiger partial charge on any atom is -0.494 e. The van der Waals surface area contributed by atoms with Crippen molar-refractivity contribution in [3.05, 3.63) is 145 Å². The highest BCUT2D eigenvalue weighted by Gasteiger charge is 2.07. The second kappa shape index (κ2) is 20.9. The maximum Gasteiger partial charge on any atom is 0.251 e. The molecule has 4 aromatic rings. The average Bonchev–Trinajstić information content (AvgIpc) is 3.18. The van der Waals surface area contributed by atoms with Crippen molar-refractivity contribution in [3.63, 3.8) is 0 Å². The average molecular weight is 715 g/mol. The third kappa shape index (κ3) is 13.5. The number of aliphatic imine (C=N–C) groups is 3. The summed E-state index contributed by atoms with van der Waals surface area (Å²) in [5.41, 5.74) is 22.5. The normalized spacial score (nSPS) is 11.7. The van der Waals surface area contributed by atoms with E-state index in [1.54, 1.807) is 24.3 Å². The van der Waals surface area contributed by atoms with E-state index >= 15 is 0 Å². The van der Waals surface area contributed by atoms with Gasteiger partial charge in [0, 0.05) is 42.7 Å². The zero-order valence-electron chi connectivity index (χ0n) is 29.7. The number of nitrogens with one attached hydrogen (secondary N) is 2. The van der Waals surface area contributed by atoms with Gasteiger partial charge in [0.2, 0.25) is 5.91 Å². The second-order valence-electron chi connectivity index (χ2n) is 11.7. The van der Waals surface area contributed by atoms with Crippen LogP contribution in [0.1, 0.15) is 39.9 Å². The molecule has 0 spiro atoms. The fourth-order valence-corrected chi connectivity index (χ4v) is 4.77. The summed E-state index contributed by atoms with van der Waals surface area (Å²) >= 11 is 0. The Bertz CT molecular complexity index is 1900. The van der Waals surface area contributed by atoms with Crippen molar-refractivity contribution in [2.75, 3.05) is 32.8 Å². The molecule has 0 aliphatic carbocycles. The van der Waals surface area contributed by atoms with Crippen LogP contribution in [0.25, 0.3) is 0 Å². The molecule has 53 heavy (non-hydrogen) atoms. The number of hydrogen-bond donors (Lipinski definition) is 5. The van der Waals surface area contributed by atoms with Crippen molar-refractivity contribution in [2.45, 2.75) is 19.3 Å². The van der Waals surface area contributed by atoms with Crippen molar-refractivity contribution in [1.82, 2.24) is 10.6 Å². The van der Waals surface area contributed by atoms with Crippen molar-refractivity contribution >= 4 is 40.7 Å². The maximum atomic E-state index is 12.8. The summed E-state index contributed by atoms with van der Waals surface area (Å²) in [6.07, 6.45) is 4.81. The molecule has 0 saturated heterocycles. The van der Waals surface area contributed by atoms with Crippen LogP contribution < -0.4 is 37.3 Å². The lowest BCUT2D eigenvalue weighted by Gasteiger charge is -2.08. The van der Waals surface area contributed by atoms with Gasteiger partial charge in [-0.15, -0.1) is 0 Å². The van der Waals surface area contributed by atoms with Crippen molar-refractivity contribution in [2.24, 2.45) is 32.2 Å². The summed E-state index contributed by atoms with van der Waals surface area (Å²) in [6, 6.07) is 29.4. The van der Waals surface area contributed by atoms with Crippen molar-refractivity contribution < 1.29 is 19.1 Å². The van der Waals surface area contributed by atoms with Crippen LogP contribution in [0.4, 0.5) is 11.4 Å². The first-order chi connectivity index (χ1) is 25.7. The van der Waals surface area contributed by atoms with Crippen LogP contribution in [0.5, 0.6) is 11.5 Å². The Morgan fingerprint density at radius 2 is 1.13 bits per heavy atom. The Morgan fingerprint density at radius 1 is 0.623 bits per heavy atom. The molecule has 0 saturated carbocycles. The molecule has 12 nitrogen and oxygen atoms in total. The van der Waals surface area contributed by atoms with E-state index in [0.29, 0.717) is 80.2 Å². The smallest absolute Gasteiger partial charge is 0.251 e. The molecule has 4 aromatic carbocycles. The highest BCUT2D eigenvalue weighted by atomic mass is 16.5. The van der Waals surface area contributed by atoms with Gasteiger partial charge in [-0.3, -0.25) is 14.6 Å². The standard InChI is InChI=1S/C41H46N8O4/c1-3-37(42)45-24-5-27-52-35-19-11-30(12-20-35)39(43)48-33-15-7-29(8-16-33)23-26-47-41(51)32-9-17-34(18-10-32)49-40(44)31-13-21-36(22-14-31)53-28-6-25-46-38(50)4-2/h3-4,7-22H,1-2,5-6,23-28H2,(H2,42,45)(H2,43,48)(H2,44,49)(H,46,50)(H,47,51). The Labute approximate surface area is 310 Å². The molecular formula is C41H46N8O4. The van der Waals surface area contributed by atoms with Crippen molar-refractivity contribution in [3.8, 4) is 11.5 Å². The van der Waals surface area contributed by atoms with Gasteiger partial charge in [-0.25, -0.2) is 9.98 Å². The number of amidine groups is 3. The lowest BCUT2D eigenvalue weighted by molar-refractivity contribution is -0.116. The summed E-state index contributed by atoms with van der Waals surface area (Å²) in [6.45, 7) is 9.52. The van der Waals surface area contributed by atoms with E-state index in [4.69, 9.17) is 26.7 Å². The molecular weight excluding hydrogens is 669 g/mol. The third-order valence-corrected chi connectivity index (χ3v) is 7.71. The number of benzene rings is 4. The summed E-state index contributed by atoms with van der Waals surface area (Å²) < 4.78 is 11.5. The van der Waals surface area contributed by atoms with E-state index in [1.165, 1.54) is 12.2 Å². The summed E-state index contributed by atoms with van der Waals surface area (Å²) in [4.78, 5) is 37.1. The largest absolute Gasteiger partial charge is 0.494 e. The van der Waals surface area contributed by atoms with Gasteiger partial charge in [0.1, 0.15) is 29.0 Å². The summed E-state index contributed by atoms with van der Waals surface area (Å²) in [5, 5.41) is 5.66. The number of ether oxygens (including phenoxy) is 2. The monoisotopic (exact) mass is 714 g/mol. The van der Waals surface area contributed by atoms with Gasteiger partial charge in [0.15, 0.2) is 0 Å². The van der Waals surface area contributed by atoms with Crippen LogP contribution in [-0.4, -0.2) is 62.2 Å². The minimum absolute atomic E-state index is 0.180. The third-order valence-electron chi connectivity index (χ3n) is 7.71. The Hall–Kier alpha value is -6.69. The van der Waals surface area contributed by atoms with E-state index in [1.807, 2.05) is 72.8 Å². The quantitative estimate of drug-likeness (QED) is 0.0363. The molecule has 8 N–H and O–H groups in total. The fourth-order valence-electron chi connectivity index (χ4n) is 4.77. The Balaban J connectivity index is 1.18. The molecule has 274 valence electrons. The number of amides is 2. The topological polar surface area (TPSA) is 192 Å². The number of carbonyl (C=O) groups is 2. The highest BCUT2D eigenvalue weighted by molar-refractivity contribution is 6.00. The van der Waals surface area contributed by atoms with Gasteiger partial charge in [-0.05, 0) is 115 Å². The predicted octanol–water partition coefficient (Wildman–Crippen LogP) is 5.12. The van der Waals surface area contributed by atoms with Gasteiger partial charge in [0.25, 0.3) is 5.91 Å². The molecule has 2 amide bonds. The summed E-state index contributed by atoms with van der Waals surface area (Å²) in [5.74, 6) is 2.19. The van der Waals surface area contributed by atoms with Gasteiger partial charge >= 0.3 is 0 Å². The van der Waals surface area contributed by atoms with E-state index in [2.05, 4.69) is 38.8 Å². The van der Waals surface area contributed by atoms with Crippen LogP contribution in [-0.2, 0) is 11.2 Å². The maximum absolute atomic E-state index is 12.8. The SMILES string of the molecule is C=CC(=O)NCCCOc1ccc(C(N)=Nc2ccc(C(=O)NCCc3ccc(N=C(N)c4ccc(OCCCN=C(N)C=C)cc4)cc3)cc2)cc1. The molecule has 4 rings (SSSR count). The van der Waals surface area contributed by atoms with E-state index < -0.39 is 0 Å². The zero-order chi connectivity index (χ0) is 37.8. The molecule has 0 unspecified atom stereocenters. The molecule has 0 atom stereocenters. The molecule has 0 aliphatic rings. The fraction of sp³-hybridized carbons (Fsp3) is 0.195. The first-order valence-electron chi connectivity index (χ1n) is 17.2. The van der Waals surface area contributed by atoms with Crippen molar-refractivity contribution in [1.29, 1.82) is 0 Å². The minimum atomic E-state index is -0.205. The first-order valence-corrected chi connectivity index (χ1v) is 17.2. The van der Waals surface area contributed by atoms with Crippen LogP contribution in [0.2, 0.25) is 0 Å². The molecule has 0 bridgehead atoms. The lowest BCUT2D eigenvalue weighted by Crippen LogP contribution is -2.25. The van der Waals surface area contributed by atoms with E-state index in [9.17, 15) is 9.59 Å². The molecule has 0 fully saturated rings. The Kier molecular flexibility index (Phi) is 15.4. The first kappa shape index (κ1) is 39.1. The number of rotatable bonds is 20. The highest BCUT2D eigenvalue weighted by Crippen LogP contribution is 2.19. The lowest BCUT2D eigenvalue weighted by atomic mass is 10.1. The van der Waals surface area contributed by atoms with Gasteiger partial charge in [0.05, 0.1) is 24.6 Å². The molecule has 12 heteroatoms. The van der Waals surface area contributed by atoms with E-state index in [-0.39, 0.29) is 11.8 Å². The van der Waals surface area contributed by atoms with Crippen LogP contribution in [0.15, 0.2) is 137 Å². The Morgan fingerprint density at radius 3 is 1.66 bits per heavy atom. The molecule has 0 aromatic heterocycles. The second-order valence-corrected chi connectivity index (χ2v) is 11.7. The number of nitrogens with zero attached hydrogens (tertiary/aromatic N) is 3. The van der Waals surface area contributed by atoms with Gasteiger partial charge in [-0.2, -0.15) is 0 Å². The predicted molar refractivity (Wildman–Crippen MR) is 213 cm³/mol.